The summed E-state index contributed by atoms with van der Waals surface area (Å²) < 4.78 is 0. The topological polar surface area (TPSA) is 72.2 Å². The lowest BCUT2D eigenvalue weighted by Gasteiger charge is -2.25. The van der Waals surface area contributed by atoms with Crippen LogP contribution in [0.1, 0.15) is 31.2 Å². The molecule has 2 amide bonds. The fraction of sp³-hybridized carbons (Fsp3) is 0.467. The molecule has 21 heavy (non-hydrogen) atoms. The number of benzene rings is 1. The minimum absolute atomic E-state index is 0.158. The van der Waals surface area contributed by atoms with Crippen molar-refractivity contribution in [1.82, 2.24) is 5.32 Å². The zero-order chi connectivity index (χ0) is 15.5. The lowest BCUT2D eigenvalue weighted by molar-refractivity contribution is -0.128. The molecule has 6 heteroatoms. The monoisotopic (exact) mass is 328 g/mol. The van der Waals surface area contributed by atoms with Crippen molar-refractivity contribution >= 4 is 35.0 Å². The van der Waals surface area contributed by atoms with E-state index in [0.29, 0.717) is 22.2 Å². The zero-order valence-electron chi connectivity index (χ0n) is 11.6. The van der Waals surface area contributed by atoms with Gasteiger partial charge in [0, 0.05) is 16.6 Å². The fourth-order valence-electron chi connectivity index (χ4n) is 2.73. The van der Waals surface area contributed by atoms with Gasteiger partial charge in [0.1, 0.15) is 0 Å². The predicted octanol–water partition coefficient (Wildman–Crippen LogP) is 2.70. The van der Waals surface area contributed by atoms with E-state index in [1.807, 2.05) is 0 Å². The quantitative estimate of drug-likeness (QED) is 0.872. The van der Waals surface area contributed by atoms with Crippen molar-refractivity contribution in [2.24, 2.45) is 11.1 Å². The van der Waals surface area contributed by atoms with Gasteiger partial charge < -0.3 is 11.1 Å². The predicted molar refractivity (Wildman–Crippen MR) is 83.3 cm³/mol. The number of carbonyl (C=O) groups is 2. The molecule has 114 valence electrons. The van der Waals surface area contributed by atoms with Crippen molar-refractivity contribution in [1.29, 1.82) is 0 Å². The summed E-state index contributed by atoms with van der Waals surface area (Å²) in [6, 6.07) is 5.02. The summed E-state index contributed by atoms with van der Waals surface area (Å²) >= 11 is 11.9. The Morgan fingerprint density at radius 1 is 1.24 bits per heavy atom. The third kappa shape index (κ3) is 3.89. The molecular weight excluding hydrogens is 311 g/mol. The minimum atomic E-state index is -0.584. The maximum absolute atomic E-state index is 12.0. The maximum atomic E-state index is 12.0. The average Bonchev–Trinajstić information content (AvgIpc) is 2.90. The van der Waals surface area contributed by atoms with Crippen LogP contribution >= 0.6 is 23.2 Å². The highest BCUT2D eigenvalue weighted by atomic mass is 35.5. The molecule has 3 N–H and O–H groups in total. The standard InChI is InChI=1S/C15H18Cl2N2O2/c16-11-4-3-10(12(17)8-11)7-13(20)19-9-15(14(18)21)5-1-2-6-15/h3-4,8H,1-2,5-7,9H2,(H2,18,21)(H,19,20). The molecule has 0 saturated heterocycles. The van der Waals surface area contributed by atoms with Crippen molar-refractivity contribution in [3.8, 4) is 0 Å². The average molecular weight is 329 g/mol. The van der Waals surface area contributed by atoms with Gasteiger partial charge in [-0.2, -0.15) is 0 Å². The number of carbonyl (C=O) groups excluding carboxylic acids is 2. The summed E-state index contributed by atoms with van der Waals surface area (Å²) in [4.78, 5) is 23.6. The molecule has 1 aromatic rings. The summed E-state index contributed by atoms with van der Waals surface area (Å²) in [6.07, 6.45) is 3.59. The van der Waals surface area contributed by atoms with E-state index in [4.69, 9.17) is 28.9 Å². The van der Waals surface area contributed by atoms with Crippen LogP contribution in [0.3, 0.4) is 0 Å². The van der Waals surface area contributed by atoms with Crippen LogP contribution in [0.25, 0.3) is 0 Å². The molecule has 1 aromatic carbocycles. The molecule has 1 aliphatic rings. The summed E-state index contributed by atoms with van der Waals surface area (Å²) in [6.45, 7) is 0.298. The van der Waals surface area contributed by atoms with Gasteiger partial charge in [0.05, 0.1) is 11.8 Å². The van der Waals surface area contributed by atoms with E-state index in [1.165, 1.54) is 0 Å². The first-order valence-electron chi connectivity index (χ1n) is 6.93. The summed E-state index contributed by atoms with van der Waals surface area (Å²) in [7, 11) is 0. The molecule has 0 bridgehead atoms. The Morgan fingerprint density at radius 3 is 2.48 bits per heavy atom. The fourth-order valence-corrected chi connectivity index (χ4v) is 3.21. The van der Waals surface area contributed by atoms with Crippen LogP contribution in [-0.4, -0.2) is 18.4 Å². The van der Waals surface area contributed by atoms with E-state index in [0.717, 1.165) is 25.7 Å². The molecule has 1 saturated carbocycles. The molecule has 1 fully saturated rings. The zero-order valence-corrected chi connectivity index (χ0v) is 13.1. The smallest absolute Gasteiger partial charge is 0.225 e. The maximum Gasteiger partial charge on any atom is 0.225 e. The highest BCUT2D eigenvalue weighted by molar-refractivity contribution is 6.35. The number of rotatable bonds is 5. The Balaban J connectivity index is 1.94. The lowest BCUT2D eigenvalue weighted by atomic mass is 9.85. The molecule has 0 atom stereocenters. The van der Waals surface area contributed by atoms with Gasteiger partial charge in [0.15, 0.2) is 0 Å². The Kier molecular flexibility index (Phi) is 5.12. The van der Waals surface area contributed by atoms with Crippen molar-refractivity contribution < 1.29 is 9.59 Å². The number of nitrogens with one attached hydrogen (secondary N) is 1. The third-order valence-electron chi connectivity index (χ3n) is 4.07. The van der Waals surface area contributed by atoms with Crippen LogP contribution < -0.4 is 11.1 Å². The number of hydrogen-bond acceptors (Lipinski definition) is 2. The molecule has 0 spiro atoms. The molecule has 0 radical (unpaired) electrons. The van der Waals surface area contributed by atoms with Crippen molar-refractivity contribution in [3.63, 3.8) is 0 Å². The van der Waals surface area contributed by atoms with Gasteiger partial charge in [0.2, 0.25) is 11.8 Å². The first kappa shape index (κ1) is 16.1. The first-order valence-corrected chi connectivity index (χ1v) is 7.69. The number of nitrogens with two attached hydrogens (primary N) is 1. The van der Waals surface area contributed by atoms with Crippen LogP contribution in [0, 0.1) is 5.41 Å². The first-order chi connectivity index (χ1) is 9.93. The minimum Gasteiger partial charge on any atom is -0.369 e. The summed E-state index contributed by atoms with van der Waals surface area (Å²) in [5.41, 5.74) is 5.61. The van der Waals surface area contributed by atoms with E-state index in [1.54, 1.807) is 18.2 Å². The van der Waals surface area contributed by atoms with Gasteiger partial charge in [-0.25, -0.2) is 0 Å². The Labute approximate surface area is 134 Å². The summed E-state index contributed by atoms with van der Waals surface area (Å²) in [5.74, 6) is -0.503. The molecule has 0 aromatic heterocycles. The number of halogens is 2. The number of primary amides is 1. The third-order valence-corrected chi connectivity index (χ3v) is 4.66. The molecule has 1 aliphatic carbocycles. The van der Waals surface area contributed by atoms with E-state index < -0.39 is 5.41 Å². The largest absolute Gasteiger partial charge is 0.369 e. The van der Waals surface area contributed by atoms with Crippen molar-refractivity contribution in [3.05, 3.63) is 33.8 Å². The van der Waals surface area contributed by atoms with Crippen LogP contribution in [0.4, 0.5) is 0 Å². The highest BCUT2D eigenvalue weighted by Crippen LogP contribution is 2.37. The molecular formula is C15H18Cl2N2O2. The van der Waals surface area contributed by atoms with Crippen LogP contribution in [-0.2, 0) is 16.0 Å². The molecule has 0 aliphatic heterocycles. The second-order valence-corrected chi connectivity index (χ2v) is 6.38. The van der Waals surface area contributed by atoms with Crippen molar-refractivity contribution in [2.75, 3.05) is 6.54 Å². The number of hydrogen-bond donors (Lipinski definition) is 2. The number of amides is 2. The van der Waals surface area contributed by atoms with Gasteiger partial charge in [-0.3, -0.25) is 9.59 Å². The Hall–Kier alpha value is -1.26. The Bertz CT molecular complexity index is 555. The van der Waals surface area contributed by atoms with Crippen LogP contribution in [0.5, 0.6) is 0 Å². The van der Waals surface area contributed by atoms with Gasteiger partial charge in [-0.05, 0) is 30.5 Å². The van der Waals surface area contributed by atoms with E-state index in [9.17, 15) is 9.59 Å². The summed E-state index contributed by atoms with van der Waals surface area (Å²) in [5, 5.41) is 3.80. The Morgan fingerprint density at radius 2 is 1.90 bits per heavy atom. The van der Waals surface area contributed by atoms with Gasteiger partial charge in [-0.1, -0.05) is 42.1 Å². The second-order valence-electron chi connectivity index (χ2n) is 5.54. The second kappa shape index (κ2) is 6.67. The van der Waals surface area contributed by atoms with E-state index in [-0.39, 0.29) is 18.2 Å². The normalized spacial score (nSPS) is 16.7. The molecule has 0 heterocycles. The lowest BCUT2D eigenvalue weighted by Crippen LogP contribution is -2.45. The van der Waals surface area contributed by atoms with E-state index >= 15 is 0 Å². The van der Waals surface area contributed by atoms with Gasteiger partial charge in [0.25, 0.3) is 0 Å². The molecule has 0 unspecified atom stereocenters. The molecule has 2 rings (SSSR count). The SMILES string of the molecule is NC(=O)C1(CNC(=O)Cc2ccc(Cl)cc2Cl)CCCC1. The van der Waals surface area contributed by atoms with Crippen LogP contribution in [0.2, 0.25) is 10.0 Å². The van der Waals surface area contributed by atoms with Crippen molar-refractivity contribution in [2.45, 2.75) is 32.1 Å². The van der Waals surface area contributed by atoms with Gasteiger partial charge >= 0.3 is 0 Å². The molecule has 4 nitrogen and oxygen atoms in total. The highest BCUT2D eigenvalue weighted by Gasteiger charge is 2.39. The van der Waals surface area contributed by atoms with E-state index in [2.05, 4.69) is 5.32 Å². The van der Waals surface area contributed by atoms with Crippen LogP contribution in [0.15, 0.2) is 18.2 Å². The van der Waals surface area contributed by atoms with Gasteiger partial charge in [-0.15, -0.1) is 0 Å².